The SMILES string of the molecule is O=C(COc1ccccc1)Nc1ccc(N2C(=S)N[C@@H](c3ccccn3)[C@H]2c2cccn2-c2cccc(F)c2)cc1. The van der Waals surface area contributed by atoms with Crippen LogP contribution >= 0.6 is 12.2 Å². The number of thiocarbonyl (C=S) groups is 1. The summed E-state index contributed by atoms with van der Waals surface area (Å²) < 4.78 is 21.7. The molecule has 9 heteroatoms. The molecule has 7 nitrogen and oxygen atoms in total. The number of hydrogen-bond donors (Lipinski definition) is 2. The van der Waals surface area contributed by atoms with Gasteiger partial charge in [-0.15, -0.1) is 0 Å². The number of para-hydroxylation sites is 1. The zero-order chi connectivity index (χ0) is 28.2. The molecule has 2 atom stereocenters. The number of nitrogens with zero attached hydrogens (tertiary/aromatic N) is 3. The Morgan fingerprint density at radius 3 is 2.49 bits per heavy atom. The molecule has 1 aliphatic rings. The summed E-state index contributed by atoms with van der Waals surface area (Å²) in [4.78, 5) is 19.1. The van der Waals surface area contributed by atoms with Gasteiger partial charge in [-0.2, -0.15) is 0 Å². The molecular weight excluding hydrogens is 537 g/mol. The topological polar surface area (TPSA) is 71.4 Å². The minimum absolute atomic E-state index is 0.100. The lowest BCUT2D eigenvalue weighted by Gasteiger charge is -2.29. The van der Waals surface area contributed by atoms with Crippen LogP contribution in [0.3, 0.4) is 0 Å². The summed E-state index contributed by atoms with van der Waals surface area (Å²) >= 11 is 5.85. The van der Waals surface area contributed by atoms with Gasteiger partial charge in [0.1, 0.15) is 17.6 Å². The Morgan fingerprint density at radius 2 is 1.73 bits per heavy atom. The lowest BCUT2D eigenvalue weighted by atomic mass is 10.0. The van der Waals surface area contributed by atoms with Crippen molar-refractivity contribution in [2.24, 2.45) is 0 Å². The summed E-state index contributed by atoms with van der Waals surface area (Å²) in [6.07, 6.45) is 3.67. The number of benzene rings is 3. The monoisotopic (exact) mass is 563 g/mol. The number of carbonyl (C=O) groups excluding carboxylic acids is 1. The molecule has 1 saturated heterocycles. The van der Waals surface area contributed by atoms with Gasteiger partial charge in [-0.05, 0) is 91.1 Å². The van der Waals surface area contributed by atoms with Gasteiger partial charge in [-0.3, -0.25) is 9.78 Å². The van der Waals surface area contributed by atoms with Crippen molar-refractivity contribution in [1.29, 1.82) is 0 Å². The molecular formula is C32H26FN5O2S. The van der Waals surface area contributed by atoms with Crippen LogP contribution in [0, 0.1) is 5.82 Å². The Labute approximate surface area is 242 Å². The molecule has 2 aromatic heterocycles. The maximum Gasteiger partial charge on any atom is 0.262 e. The summed E-state index contributed by atoms with van der Waals surface area (Å²) in [5, 5.41) is 6.85. The molecule has 41 heavy (non-hydrogen) atoms. The van der Waals surface area contributed by atoms with E-state index in [1.807, 2.05) is 94.5 Å². The van der Waals surface area contributed by atoms with Crippen LogP contribution in [0.5, 0.6) is 5.75 Å². The first-order valence-corrected chi connectivity index (χ1v) is 13.5. The fraction of sp³-hybridized carbons (Fsp3) is 0.0938. The van der Waals surface area contributed by atoms with E-state index in [0.29, 0.717) is 22.2 Å². The molecule has 3 heterocycles. The molecule has 0 unspecified atom stereocenters. The Morgan fingerprint density at radius 1 is 0.927 bits per heavy atom. The summed E-state index contributed by atoms with van der Waals surface area (Å²) in [7, 11) is 0. The molecule has 1 fully saturated rings. The zero-order valence-corrected chi connectivity index (χ0v) is 22.7. The Balaban J connectivity index is 1.29. The van der Waals surface area contributed by atoms with E-state index in [-0.39, 0.29) is 30.4 Å². The quantitative estimate of drug-likeness (QED) is 0.219. The highest BCUT2D eigenvalue weighted by Crippen LogP contribution is 2.42. The summed E-state index contributed by atoms with van der Waals surface area (Å²) in [5.74, 6) is 0.0534. The van der Waals surface area contributed by atoms with Crippen molar-refractivity contribution in [3.63, 3.8) is 0 Å². The predicted octanol–water partition coefficient (Wildman–Crippen LogP) is 6.21. The number of hydrogen-bond acceptors (Lipinski definition) is 4. The van der Waals surface area contributed by atoms with Crippen LogP contribution in [0.1, 0.15) is 23.5 Å². The van der Waals surface area contributed by atoms with Crippen molar-refractivity contribution in [2.75, 3.05) is 16.8 Å². The zero-order valence-electron chi connectivity index (χ0n) is 21.9. The minimum atomic E-state index is -0.313. The fourth-order valence-electron chi connectivity index (χ4n) is 5.00. The number of carbonyl (C=O) groups is 1. The van der Waals surface area contributed by atoms with E-state index in [4.69, 9.17) is 17.0 Å². The number of nitrogens with one attached hydrogen (secondary N) is 2. The molecule has 0 aliphatic carbocycles. The number of halogens is 1. The van der Waals surface area contributed by atoms with Crippen molar-refractivity contribution in [3.8, 4) is 11.4 Å². The average Bonchev–Trinajstić information content (AvgIpc) is 3.62. The number of rotatable bonds is 8. The normalized spacial score (nSPS) is 16.3. The molecule has 0 bridgehead atoms. The molecule has 2 N–H and O–H groups in total. The first kappa shape index (κ1) is 26.2. The third kappa shape index (κ3) is 5.66. The van der Waals surface area contributed by atoms with E-state index < -0.39 is 0 Å². The van der Waals surface area contributed by atoms with E-state index >= 15 is 0 Å². The Bertz CT molecular complexity index is 1660. The lowest BCUT2D eigenvalue weighted by molar-refractivity contribution is -0.118. The van der Waals surface area contributed by atoms with Crippen LogP contribution in [-0.2, 0) is 4.79 Å². The molecule has 6 rings (SSSR count). The van der Waals surface area contributed by atoms with Crippen molar-refractivity contribution >= 4 is 34.6 Å². The molecule has 0 radical (unpaired) electrons. The highest BCUT2D eigenvalue weighted by molar-refractivity contribution is 7.80. The fourth-order valence-corrected chi connectivity index (χ4v) is 5.34. The predicted molar refractivity (Wildman–Crippen MR) is 161 cm³/mol. The summed E-state index contributed by atoms with van der Waals surface area (Å²) in [6.45, 7) is -0.100. The molecule has 1 aliphatic heterocycles. The number of pyridine rings is 1. The minimum Gasteiger partial charge on any atom is -0.484 e. The van der Waals surface area contributed by atoms with Gasteiger partial charge in [0.05, 0.1) is 11.7 Å². The van der Waals surface area contributed by atoms with E-state index in [2.05, 4.69) is 15.6 Å². The first-order chi connectivity index (χ1) is 20.1. The van der Waals surface area contributed by atoms with Gasteiger partial charge in [-0.1, -0.05) is 30.3 Å². The van der Waals surface area contributed by atoms with Crippen molar-refractivity contribution in [3.05, 3.63) is 139 Å². The Hall–Kier alpha value is -5.02. The van der Waals surface area contributed by atoms with Crippen LogP contribution in [0.15, 0.2) is 122 Å². The van der Waals surface area contributed by atoms with Crippen LogP contribution in [-0.4, -0.2) is 27.2 Å². The summed E-state index contributed by atoms with van der Waals surface area (Å²) in [6, 6.07) is 32.3. The maximum atomic E-state index is 14.2. The van der Waals surface area contributed by atoms with E-state index in [0.717, 1.165) is 17.1 Å². The van der Waals surface area contributed by atoms with Gasteiger partial charge in [0, 0.05) is 35.1 Å². The van der Waals surface area contributed by atoms with Gasteiger partial charge in [-0.25, -0.2) is 4.39 Å². The van der Waals surface area contributed by atoms with Crippen LogP contribution in [0.4, 0.5) is 15.8 Å². The standard InChI is InChI=1S/C32H26FN5O2S/c33-22-8-6-9-25(20-22)37-19-7-13-28(37)31-30(27-12-4-5-18-34-27)36-32(41)38(31)24-16-14-23(15-17-24)35-29(39)21-40-26-10-2-1-3-11-26/h1-20,30-31H,21H2,(H,35,39)(H,36,41)/t30-,31+/m0/s1. The van der Waals surface area contributed by atoms with E-state index in [1.165, 1.54) is 12.1 Å². The van der Waals surface area contributed by atoms with Crippen LogP contribution < -0.4 is 20.3 Å². The van der Waals surface area contributed by atoms with Gasteiger partial charge < -0.3 is 24.8 Å². The second-order valence-corrected chi connectivity index (χ2v) is 9.86. The smallest absolute Gasteiger partial charge is 0.262 e. The van der Waals surface area contributed by atoms with Gasteiger partial charge in [0.15, 0.2) is 11.7 Å². The summed E-state index contributed by atoms with van der Waals surface area (Å²) in [5.41, 5.74) is 3.91. The van der Waals surface area contributed by atoms with Crippen molar-refractivity contribution in [1.82, 2.24) is 14.9 Å². The number of anilines is 2. The van der Waals surface area contributed by atoms with Gasteiger partial charge >= 0.3 is 0 Å². The first-order valence-electron chi connectivity index (χ1n) is 13.1. The average molecular weight is 564 g/mol. The molecule has 0 spiro atoms. The molecule has 204 valence electrons. The van der Waals surface area contributed by atoms with Crippen LogP contribution in [0.25, 0.3) is 5.69 Å². The number of ether oxygens (including phenoxy) is 1. The number of amides is 1. The van der Waals surface area contributed by atoms with Crippen molar-refractivity contribution < 1.29 is 13.9 Å². The lowest BCUT2D eigenvalue weighted by Crippen LogP contribution is -2.30. The van der Waals surface area contributed by atoms with E-state index in [9.17, 15) is 9.18 Å². The molecule has 0 saturated carbocycles. The maximum absolute atomic E-state index is 14.2. The second-order valence-electron chi connectivity index (χ2n) is 9.48. The van der Waals surface area contributed by atoms with Crippen molar-refractivity contribution in [2.45, 2.75) is 12.1 Å². The van der Waals surface area contributed by atoms with E-state index in [1.54, 1.807) is 24.4 Å². The van der Waals surface area contributed by atoms with Gasteiger partial charge in [0.2, 0.25) is 0 Å². The highest BCUT2D eigenvalue weighted by Gasteiger charge is 2.42. The largest absolute Gasteiger partial charge is 0.484 e. The second kappa shape index (κ2) is 11.6. The Kier molecular flexibility index (Phi) is 7.42. The highest BCUT2D eigenvalue weighted by atomic mass is 32.1. The van der Waals surface area contributed by atoms with Crippen LogP contribution in [0.2, 0.25) is 0 Å². The third-order valence-electron chi connectivity index (χ3n) is 6.81. The molecule has 5 aromatic rings. The molecule has 3 aromatic carbocycles. The number of aromatic nitrogens is 2. The third-order valence-corrected chi connectivity index (χ3v) is 7.12. The molecule has 1 amide bonds. The van der Waals surface area contributed by atoms with Gasteiger partial charge in [0.25, 0.3) is 5.91 Å².